The maximum Gasteiger partial charge on any atom is 0.326 e. The molecular weight excluding hydrogens is 279 g/mol. The Labute approximate surface area is 114 Å². The minimum absolute atomic E-state index is 0.279. The SMILES string of the molecule is CCC(NC(=O)Nc1ccc(Cl)cc1Cl)C(=O)O. The van der Waals surface area contributed by atoms with Gasteiger partial charge in [0.25, 0.3) is 0 Å². The van der Waals surface area contributed by atoms with E-state index in [9.17, 15) is 9.59 Å². The Balaban J connectivity index is 2.67. The number of benzene rings is 1. The Bertz CT molecular complexity index is 466. The van der Waals surface area contributed by atoms with Gasteiger partial charge >= 0.3 is 12.0 Å². The third-order valence-corrected chi connectivity index (χ3v) is 2.74. The van der Waals surface area contributed by atoms with Crippen LogP contribution in [0.5, 0.6) is 0 Å². The molecule has 2 amide bonds. The largest absolute Gasteiger partial charge is 0.480 e. The number of nitrogens with one attached hydrogen (secondary N) is 2. The first-order valence-corrected chi connectivity index (χ1v) is 5.95. The topological polar surface area (TPSA) is 78.4 Å². The summed E-state index contributed by atoms with van der Waals surface area (Å²) in [5, 5.41) is 14.3. The first kappa shape index (κ1) is 14.6. The smallest absolute Gasteiger partial charge is 0.326 e. The van der Waals surface area contributed by atoms with Crippen molar-refractivity contribution >= 4 is 40.9 Å². The van der Waals surface area contributed by atoms with Gasteiger partial charge in [-0.25, -0.2) is 9.59 Å². The van der Waals surface area contributed by atoms with E-state index < -0.39 is 18.0 Å². The minimum Gasteiger partial charge on any atom is -0.480 e. The zero-order chi connectivity index (χ0) is 13.7. The van der Waals surface area contributed by atoms with Crippen molar-refractivity contribution in [3.05, 3.63) is 28.2 Å². The van der Waals surface area contributed by atoms with Crippen molar-refractivity contribution in [2.75, 3.05) is 5.32 Å². The molecule has 0 aliphatic rings. The van der Waals surface area contributed by atoms with Crippen LogP contribution < -0.4 is 10.6 Å². The number of hydrogen-bond acceptors (Lipinski definition) is 2. The summed E-state index contributed by atoms with van der Waals surface area (Å²) < 4.78 is 0. The third-order valence-electron chi connectivity index (χ3n) is 2.19. The molecule has 0 aliphatic heterocycles. The van der Waals surface area contributed by atoms with Crippen molar-refractivity contribution in [1.82, 2.24) is 5.32 Å². The van der Waals surface area contributed by atoms with Gasteiger partial charge in [0.1, 0.15) is 6.04 Å². The molecule has 0 radical (unpaired) electrons. The number of halogens is 2. The molecule has 1 aromatic carbocycles. The zero-order valence-electron chi connectivity index (χ0n) is 9.54. The molecule has 1 atom stereocenters. The monoisotopic (exact) mass is 290 g/mol. The summed E-state index contributed by atoms with van der Waals surface area (Å²) in [5.74, 6) is -1.09. The van der Waals surface area contributed by atoms with Crippen molar-refractivity contribution < 1.29 is 14.7 Å². The Hall–Kier alpha value is -1.46. The third kappa shape index (κ3) is 4.09. The normalized spacial score (nSPS) is 11.7. The molecule has 5 nitrogen and oxygen atoms in total. The van der Waals surface area contributed by atoms with E-state index in [1.54, 1.807) is 13.0 Å². The van der Waals surface area contributed by atoms with Gasteiger partial charge in [0.15, 0.2) is 0 Å². The van der Waals surface area contributed by atoms with Gasteiger partial charge < -0.3 is 15.7 Å². The summed E-state index contributed by atoms with van der Waals surface area (Å²) in [6.45, 7) is 1.66. The molecule has 0 aliphatic carbocycles. The molecule has 0 spiro atoms. The summed E-state index contributed by atoms with van der Waals surface area (Å²) in [6, 6.07) is 3.01. The van der Waals surface area contributed by atoms with E-state index in [4.69, 9.17) is 28.3 Å². The predicted molar refractivity (Wildman–Crippen MR) is 70.3 cm³/mol. The molecule has 7 heteroatoms. The number of amides is 2. The van der Waals surface area contributed by atoms with Crippen LogP contribution in [-0.2, 0) is 4.79 Å². The lowest BCUT2D eigenvalue weighted by Gasteiger charge is -2.13. The van der Waals surface area contributed by atoms with Gasteiger partial charge in [-0.05, 0) is 24.6 Å². The van der Waals surface area contributed by atoms with Crippen molar-refractivity contribution in [2.45, 2.75) is 19.4 Å². The fourth-order valence-electron chi connectivity index (χ4n) is 1.25. The Morgan fingerprint density at radius 1 is 1.39 bits per heavy atom. The molecule has 18 heavy (non-hydrogen) atoms. The van der Waals surface area contributed by atoms with Gasteiger partial charge in [-0.2, -0.15) is 0 Å². The molecule has 3 N–H and O–H groups in total. The van der Waals surface area contributed by atoms with Crippen LogP contribution in [-0.4, -0.2) is 23.1 Å². The number of rotatable bonds is 4. The van der Waals surface area contributed by atoms with E-state index in [0.29, 0.717) is 10.7 Å². The second kappa shape index (κ2) is 6.47. The molecule has 1 unspecified atom stereocenters. The van der Waals surface area contributed by atoms with Gasteiger partial charge in [0.05, 0.1) is 10.7 Å². The van der Waals surface area contributed by atoms with Crippen LogP contribution in [0, 0.1) is 0 Å². The van der Waals surface area contributed by atoms with Gasteiger partial charge in [0.2, 0.25) is 0 Å². The van der Waals surface area contributed by atoms with Gasteiger partial charge in [-0.3, -0.25) is 0 Å². The number of urea groups is 1. The molecule has 0 bridgehead atoms. The number of hydrogen-bond donors (Lipinski definition) is 3. The average molecular weight is 291 g/mol. The highest BCUT2D eigenvalue weighted by atomic mass is 35.5. The molecule has 0 fully saturated rings. The van der Waals surface area contributed by atoms with Crippen LogP contribution in [0.1, 0.15) is 13.3 Å². The molecule has 98 valence electrons. The average Bonchev–Trinajstić information content (AvgIpc) is 2.29. The molecule has 0 heterocycles. The second-order valence-corrected chi connectivity index (χ2v) is 4.37. The highest BCUT2D eigenvalue weighted by molar-refractivity contribution is 6.36. The van der Waals surface area contributed by atoms with Crippen LogP contribution in [0.3, 0.4) is 0 Å². The van der Waals surface area contributed by atoms with E-state index >= 15 is 0 Å². The Morgan fingerprint density at radius 2 is 2.06 bits per heavy atom. The van der Waals surface area contributed by atoms with Crippen LogP contribution in [0.4, 0.5) is 10.5 Å². The lowest BCUT2D eigenvalue weighted by Crippen LogP contribution is -2.42. The molecule has 0 aromatic heterocycles. The number of carbonyl (C=O) groups is 2. The lowest BCUT2D eigenvalue weighted by molar-refractivity contribution is -0.139. The van der Waals surface area contributed by atoms with E-state index in [1.165, 1.54) is 12.1 Å². The van der Waals surface area contributed by atoms with Crippen molar-refractivity contribution in [3.8, 4) is 0 Å². The van der Waals surface area contributed by atoms with E-state index in [0.717, 1.165) is 0 Å². The summed E-state index contributed by atoms with van der Waals surface area (Å²) in [4.78, 5) is 22.3. The molecular formula is C11H12Cl2N2O3. The number of carbonyl (C=O) groups excluding carboxylic acids is 1. The Morgan fingerprint density at radius 3 is 2.56 bits per heavy atom. The number of aliphatic carboxylic acids is 1. The molecule has 0 saturated carbocycles. The number of carboxylic acids is 1. The fourth-order valence-corrected chi connectivity index (χ4v) is 1.70. The zero-order valence-corrected chi connectivity index (χ0v) is 11.0. The number of anilines is 1. The van der Waals surface area contributed by atoms with Gasteiger partial charge in [-0.1, -0.05) is 30.1 Å². The van der Waals surface area contributed by atoms with Gasteiger partial charge in [-0.15, -0.1) is 0 Å². The fraction of sp³-hybridized carbons (Fsp3) is 0.273. The first-order chi connectivity index (χ1) is 8.43. The maximum absolute atomic E-state index is 11.5. The summed E-state index contributed by atoms with van der Waals surface area (Å²) in [5.41, 5.74) is 0.360. The predicted octanol–water partition coefficient (Wildman–Crippen LogP) is 2.98. The van der Waals surface area contributed by atoms with Crippen LogP contribution in [0.25, 0.3) is 0 Å². The van der Waals surface area contributed by atoms with E-state index in [2.05, 4.69) is 10.6 Å². The minimum atomic E-state index is -1.09. The maximum atomic E-state index is 11.5. The van der Waals surface area contributed by atoms with Crippen LogP contribution >= 0.6 is 23.2 Å². The highest BCUT2D eigenvalue weighted by Crippen LogP contribution is 2.25. The van der Waals surface area contributed by atoms with Gasteiger partial charge in [0, 0.05) is 5.02 Å². The molecule has 0 saturated heterocycles. The second-order valence-electron chi connectivity index (χ2n) is 3.52. The lowest BCUT2D eigenvalue weighted by atomic mass is 10.2. The first-order valence-electron chi connectivity index (χ1n) is 5.19. The van der Waals surface area contributed by atoms with Crippen molar-refractivity contribution in [3.63, 3.8) is 0 Å². The quantitative estimate of drug-likeness (QED) is 0.798. The van der Waals surface area contributed by atoms with E-state index in [1.807, 2.05) is 0 Å². The molecule has 1 rings (SSSR count). The van der Waals surface area contributed by atoms with Crippen LogP contribution in [0.15, 0.2) is 18.2 Å². The van der Waals surface area contributed by atoms with Crippen molar-refractivity contribution in [2.24, 2.45) is 0 Å². The summed E-state index contributed by atoms with van der Waals surface area (Å²) >= 11 is 11.6. The van der Waals surface area contributed by atoms with E-state index in [-0.39, 0.29) is 11.4 Å². The van der Waals surface area contributed by atoms with Crippen molar-refractivity contribution in [1.29, 1.82) is 0 Å². The highest BCUT2D eigenvalue weighted by Gasteiger charge is 2.17. The van der Waals surface area contributed by atoms with Crippen LogP contribution in [0.2, 0.25) is 10.0 Å². The standard InChI is InChI=1S/C11H12Cl2N2O3/c1-2-8(10(16)17)14-11(18)15-9-4-3-6(12)5-7(9)13/h3-5,8H,2H2,1H3,(H,16,17)(H2,14,15,18). The summed E-state index contributed by atoms with van der Waals surface area (Å²) in [6.07, 6.45) is 0.289. The number of carboxylic acid groups (broad SMARTS) is 1. The summed E-state index contributed by atoms with van der Waals surface area (Å²) in [7, 11) is 0. The molecule has 1 aromatic rings. The Kier molecular flexibility index (Phi) is 5.25.